The highest BCUT2D eigenvalue weighted by Crippen LogP contribution is 2.47. The normalized spacial score (nSPS) is 13.1. The van der Waals surface area contributed by atoms with Crippen LogP contribution in [0.1, 0.15) is 16.9 Å². The molecular weight excluding hydrogens is 601 g/mol. The summed E-state index contributed by atoms with van der Waals surface area (Å²) >= 11 is 5.81. The Morgan fingerprint density at radius 2 is 0.889 bits per heavy atom. The third kappa shape index (κ3) is 3.95. The van der Waals surface area contributed by atoms with Crippen molar-refractivity contribution in [1.29, 1.82) is 0 Å². The summed E-state index contributed by atoms with van der Waals surface area (Å²) in [6, 6.07) is 45.5. The van der Waals surface area contributed by atoms with Crippen LogP contribution in [0, 0.1) is 0 Å². The standard InChI is InChI=1S/C42H26S3/c1-4-19-37-31(10-1)34-16-7-13-28(40(34)43-37)25-22-26(29-14-8-17-35-32-11-2-5-20-38(32)44-41(29)35)24-27(23-25)30-15-9-18-36-33-12-3-6-21-39(33)45-42(30)36/h1-5,7-20,22-24H,6,21H2. The van der Waals surface area contributed by atoms with Gasteiger partial charge in [0.1, 0.15) is 0 Å². The summed E-state index contributed by atoms with van der Waals surface area (Å²) in [5, 5.41) is 6.74. The minimum atomic E-state index is 1.13. The molecule has 3 aromatic heterocycles. The molecule has 6 aromatic carbocycles. The lowest BCUT2D eigenvalue weighted by molar-refractivity contribution is 1.02. The average Bonchev–Trinajstić information content (AvgIpc) is 3.79. The molecular formula is C42H26S3. The minimum Gasteiger partial charge on any atom is -0.139 e. The summed E-state index contributed by atoms with van der Waals surface area (Å²) < 4.78 is 6.80. The fourth-order valence-electron chi connectivity index (χ4n) is 7.24. The maximum atomic E-state index is 2.44. The summed E-state index contributed by atoms with van der Waals surface area (Å²) in [6.07, 6.45) is 6.94. The second-order valence-electron chi connectivity index (χ2n) is 11.9. The molecule has 0 N–H and O–H groups in total. The Morgan fingerprint density at radius 3 is 1.44 bits per heavy atom. The van der Waals surface area contributed by atoms with Gasteiger partial charge in [-0.05, 0) is 82.1 Å². The molecule has 1 aliphatic carbocycles. The van der Waals surface area contributed by atoms with Crippen molar-refractivity contribution >= 4 is 90.5 Å². The first kappa shape index (κ1) is 25.8. The molecule has 0 unspecified atom stereocenters. The van der Waals surface area contributed by atoms with Gasteiger partial charge >= 0.3 is 0 Å². The zero-order valence-corrected chi connectivity index (χ0v) is 26.8. The van der Waals surface area contributed by atoms with E-state index in [1.165, 1.54) is 94.3 Å². The minimum absolute atomic E-state index is 1.13. The topological polar surface area (TPSA) is 0 Å². The van der Waals surface area contributed by atoms with E-state index >= 15 is 0 Å². The Labute approximate surface area is 273 Å². The molecule has 0 aliphatic heterocycles. The van der Waals surface area contributed by atoms with Gasteiger partial charge in [0.2, 0.25) is 0 Å². The summed E-state index contributed by atoms with van der Waals surface area (Å²) in [5.74, 6) is 0. The first-order valence-electron chi connectivity index (χ1n) is 15.5. The lowest BCUT2D eigenvalue weighted by atomic mass is 9.91. The Kier molecular flexibility index (Phi) is 5.71. The van der Waals surface area contributed by atoms with E-state index in [4.69, 9.17) is 0 Å². The zero-order valence-electron chi connectivity index (χ0n) is 24.3. The number of fused-ring (bicyclic) bond motifs is 9. The molecule has 0 radical (unpaired) electrons. The van der Waals surface area contributed by atoms with Crippen LogP contribution in [0.5, 0.6) is 0 Å². The molecule has 0 saturated heterocycles. The van der Waals surface area contributed by atoms with Crippen LogP contribution in [0.4, 0.5) is 0 Å². The lowest BCUT2D eigenvalue weighted by Crippen LogP contribution is -1.88. The van der Waals surface area contributed by atoms with Gasteiger partial charge in [0.15, 0.2) is 0 Å². The molecule has 0 amide bonds. The Balaban J connectivity index is 1.28. The smallest absolute Gasteiger partial charge is 0.0433 e. The quantitative estimate of drug-likeness (QED) is 0.183. The highest BCUT2D eigenvalue weighted by Gasteiger charge is 2.19. The first-order chi connectivity index (χ1) is 22.3. The van der Waals surface area contributed by atoms with Crippen LogP contribution in [-0.4, -0.2) is 0 Å². The number of rotatable bonds is 3. The Hall–Kier alpha value is -4.54. The molecule has 10 rings (SSSR count). The molecule has 1 aliphatic rings. The van der Waals surface area contributed by atoms with Crippen LogP contribution in [-0.2, 0) is 6.42 Å². The van der Waals surface area contributed by atoms with E-state index in [2.05, 4.69) is 133 Å². The van der Waals surface area contributed by atoms with Gasteiger partial charge in [0, 0.05) is 55.3 Å². The average molecular weight is 627 g/mol. The van der Waals surface area contributed by atoms with Gasteiger partial charge in [-0.1, -0.05) is 103 Å². The Bertz CT molecular complexity index is 2530. The van der Waals surface area contributed by atoms with E-state index in [1.807, 2.05) is 34.0 Å². The molecule has 9 aromatic rings. The van der Waals surface area contributed by atoms with E-state index in [0.29, 0.717) is 0 Å². The summed E-state index contributed by atoms with van der Waals surface area (Å²) in [5.41, 5.74) is 9.20. The maximum Gasteiger partial charge on any atom is 0.0433 e. The van der Waals surface area contributed by atoms with Crippen molar-refractivity contribution in [2.24, 2.45) is 0 Å². The van der Waals surface area contributed by atoms with Crippen LogP contribution < -0.4 is 0 Å². The van der Waals surface area contributed by atoms with Crippen molar-refractivity contribution in [3.8, 4) is 33.4 Å². The second kappa shape index (κ2) is 9.98. The zero-order chi connectivity index (χ0) is 29.5. The number of aryl methyl sites for hydroxylation is 1. The largest absolute Gasteiger partial charge is 0.139 e. The van der Waals surface area contributed by atoms with Gasteiger partial charge < -0.3 is 0 Å². The molecule has 0 fully saturated rings. The van der Waals surface area contributed by atoms with Crippen LogP contribution >= 0.6 is 34.0 Å². The first-order valence-corrected chi connectivity index (χ1v) is 17.9. The van der Waals surface area contributed by atoms with Crippen LogP contribution in [0.3, 0.4) is 0 Å². The van der Waals surface area contributed by atoms with Crippen LogP contribution in [0.25, 0.3) is 89.9 Å². The van der Waals surface area contributed by atoms with E-state index in [1.54, 1.807) is 0 Å². The molecule has 0 spiro atoms. The van der Waals surface area contributed by atoms with Gasteiger partial charge in [-0.3, -0.25) is 0 Å². The van der Waals surface area contributed by atoms with Crippen molar-refractivity contribution in [3.05, 3.63) is 138 Å². The molecule has 0 bridgehead atoms. The molecule has 0 nitrogen and oxygen atoms in total. The van der Waals surface area contributed by atoms with Gasteiger partial charge in [-0.25, -0.2) is 0 Å². The number of allylic oxidation sites excluding steroid dienone is 1. The van der Waals surface area contributed by atoms with E-state index in [-0.39, 0.29) is 0 Å². The number of hydrogen-bond donors (Lipinski definition) is 0. The third-order valence-corrected chi connectivity index (χ3v) is 13.1. The summed E-state index contributed by atoms with van der Waals surface area (Å²) in [6.45, 7) is 0. The molecule has 0 saturated carbocycles. The number of thiophene rings is 3. The molecule has 212 valence electrons. The van der Waals surface area contributed by atoms with Crippen LogP contribution in [0.2, 0.25) is 0 Å². The van der Waals surface area contributed by atoms with Gasteiger partial charge in [-0.2, -0.15) is 0 Å². The fourth-order valence-corrected chi connectivity index (χ4v) is 11.1. The maximum absolute atomic E-state index is 2.44. The van der Waals surface area contributed by atoms with E-state index in [0.717, 1.165) is 12.8 Å². The predicted octanol–water partition coefficient (Wildman–Crippen LogP) is 13.6. The van der Waals surface area contributed by atoms with Crippen molar-refractivity contribution in [2.45, 2.75) is 12.8 Å². The van der Waals surface area contributed by atoms with Crippen molar-refractivity contribution in [3.63, 3.8) is 0 Å². The summed E-state index contributed by atoms with van der Waals surface area (Å²) in [4.78, 5) is 1.52. The molecule has 0 atom stereocenters. The van der Waals surface area contributed by atoms with Gasteiger partial charge in [0.25, 0.3) is 0 Å². The second-order valence-corrected chi connectivity index (χ2v) is 15.1. The third-order valence-electron chi connectivity index (χ3n) is 9.33. The number of hydrogen-bond acceptors (Lipinski definition) is 3. The van der Waals surface area contributed by atoms with Gasteiger partial charge in [-0.15, -0.1) is 34.0 Å². The molecule has 45 heavy (non-hydrogen) atoms. The molecule has 3 heterocycles. The van der Waals surface area contributed by atoms with Crippen LogP contribution in [0.15, 0.2) is 127 Å². The van der Waals surface area contributed by atoms with E-state index < -0.39 is 0 Å². The predicted molar refractivity (Wildman–Crippen MR) is 201 cm³/mol. The Morgan fingerprint density at radius 1 is 0.422 bits per heavy atom. The summed E-state index contributed by atoms with van der Waals surface area (Å²) in [7, 11) is 0. The number of benzene rings is 6. The molecule has 3 heteroatoms. The highest BCUT2D eigenvalue weighted by molar-refractivity contribution is 7.26. The highest BCUT2D eigenvalue weighted by atomic mass is 32.1. The van der Waals surface area contributed by atoms with E-state index in [9.17, 15) is 0 Å². The van der Waals surface area contributed by atoms with Crippen molar-refractivity contribution in [2.75, 3.05) is 0 Å². The monoisotopic (exact) mass is 626 g/mol. The van der Waals surface area contributed by atoms with Gasteiger partial charge in [0.05, 0.1) is 0 Å². The SMILES string of the molecule is C1=Cc2c(sc3c(-c4cc(-c5cccc6c5sc5ccccc56)cc(-c5cccc6c5sc5ccccc56)c4)cccc23)CC1. The van der Waals surface area contributed by atoms with Crippen molar-refractivity contribution in [1.82, 2.24) is 0 Å². The fraction of sp³-hybridized carbons (Fsp3) is 0.0476. The lowest BCUT2D eigenvalue weighted by Gasteiger charge is -2.13. The van der Waals surface area contributed by atoms with Crippen molar-refractivity contribution < 1.29 is 0 Å².